The van der Waals surface area contributed by atoms with Gasteiger partial charge in [-0.25, -0.2) is 4.68 Å². The first-order valence-electron chi connectivity index (χ1n) is 11.2. The van der Waals surface area contributed by atoms with Crippen molar-refractivity contribution in [1.82, 2.24) is 14.7 Å². The number of aliphatic hydroxyl groups is 1. The van der Waals surface area contributed by atoms with Crippen molar-refractivity contribution in [3.05, 3.63) is 65.7 Å². The molecule has 0 amide bonds. The molecule has 6 heteroatoms. The Kier molecular flexibility index (Phi) is 8.45. The molecular formula is C26H35N3O3. The summed E-state index contributed by atoms with van der Waals surface area (Å²) in [6, 6.07) is 18.5. The minimum absolute atomic E-state index is 0.276. The predicted molar refractivity (Wildman–Crippen MR) is 128 cm³/mol. The molecule has 1 aromatic heterocycles. The Morgan fingerprint density at radius 3 is 2.41 bits per heavy atom. The largest absolute Gasteiger partial charge is 0.439 e. The first kappa shape index (κ1) is 24.0. The lowest BCUT2D eigenvalue weighted by molar-refractivity contribution is 0.0253. The highest BCUT2D eigenvalue weighted by atomic mass is 16.5. The van der Waals surface area contributed by atoms with Gasteiger partial charge < -0.3 is 14.6 Å². The number of ether oxygens (including phenoxy) is 2. The summed E-state index contributed by atoms with van der Waals surface area (Å²) < 4.78 is 13.3. The molecule has 0 saturated heterocycles. The predicted octanol–water partition coefficient (Wildman–Crippen LogP) is 4.80. The van der Waals surface area contributed by atoms with Gasteiger partial charge in [-0.3, -0.25) is 4.90 Å². The molecule has 0 bridgehead atoms. The van der Waals surface area contributed by atoms with Gasteiger partial charge in [0.15, 0.2) is 0 Å². The van der Waals surface area contributed by atoms with Crippen LogP contribution in [-0.4, -0.2) is 52.2 Å². The van der Waals surface area contributed by atoms with E-state index in [2.05, 4.69) is 37.8 Å². The summed E-state index contributed by atoms with van der Waals surface area (Å²) in [5.41, 5.74) is 4.12. The van der Waals surface area contributed by atoms with Crippen molar-refractivity contribution in [2.24, 2.45) is 7.05 Å². The van der Waals surface area contributed by atoms with E-state index in [1.54, 1.807) is 11.8 Å². The molecule has 6 nitrogen and oxygen atoms in total. The molecule has 3 aromatic rings. The SMILES string of the molecule is CC[C@H](C)N(Cc1c(-c2ccccc2)nn(C)c1Oc1ccc(C)cc1)C[C@@H](O)COC. The summed E-state index contributed by atoms with van der Waals surface area (Å²) in [5.74, 6) is 1.48. The molecule has 0 aliphatic heterocycles. The van der Waals surface area contributed by atoms with Gasteiger partial charge in [0.05, 0.1) is 18.3 Å². The van der Waals surface area contributed by atoms with Crippen LogP contribution in [0.4, 0.5) is 0 Å². The molecule has 0 radical (unpaired) electrons. The Hall–Kier alpha value is -2.67. The Labute approximate surface area is 191 Å². The van der Waals surface area contributed by atoms with Gasteiger partial charge in [-0.1, -0.05) is 55.0 Å². The fraction of sp³-hybridized carbons (Fsp3) is 0.423. The second kappa shape index (κ2) is 11.3. The van der Waals surface area contributed by atoms with Crippen molar-refractivity contribution < 1.29 is 14.6 Å². The highest BCUT2D eigenvalue weighted by Gasteiger charge is 2.25. The van der Waals surface area contributed by atoms with Crippen molar-refractivity contribution in [2.75, 3.05) is 20.3 Å². The van der Waals surface area contributed by atoms with Crippen LogP contribution in [0.25, 0.3) is 11.3 Å². The number of hydrogen-bond donors (Lipinski definition) is 1. The van der Waals surface area contributed by atoms with E-state index in [1.165, 1.54) is 5.56 Å². The van der Waals surface area contributed by atoms with E-state index >= 15 is 0 Å². The molecule has 32 heavy (non-hydrogen) atoms. The third-order valence-electron chi connectivity index (χ3n) is 5.75. The van der Waals surface area contributed by atoms with Crippen molar-refractivity contribution in [3.8, 4) is 22.9 Å². The molecule has 2 aromatic carbocycles. The minimum Gasteiger partial charge on any atom is -0.439 e. The highest BCUT2D eigenvalue weighted by molar-refractivity contribution is 5.65. The van der Waals surface area contributed by atoms with Crippen LogP contribution in [0.3, 0.4) is 0 Å². The van der Waals surface area contributed by atoms with Crippen LogP contribution in [0, 0.1) is 6.92 Å². The Bertz CT molecular complexity index is 970. The number of aromatic nitrogens is 2. The molecule has 1 heterocycles. The standard InChI is InChI=1S/C26H35N3O3/c1-6-20(3)29(16-22(30)18-31-5)17-24-25(21-10-8-7-9-11-21)27-28(4)26(24)32-23-14-12-19(2)13-15-23/h7-15,20,22,30H,6,16-18H2,1-5H3/t20-,22+/m0/s1. The van der Waals surface area contributed by atoms with Crippen LogP contribution in [0.2, 0.25) is 0 Å². The Morgan fingerprint density at radius 2 is 1.78 bits per heavy atom. The molecule has 0 unspecified atom stereocenters. The molecule has 0 fully saturated rings. The molecule has 172 valence electrons. The monoisotopic (exact) mass is 437 g/mol. The van der Waals surface area contributed by atoms with Crippen LogP contribution in [0.1, 0.15) is 31.4 Å². The molecule has 0 saturated carbocycles. The van der Waals surface area contributed by atoms with E-state index in [0.717, 1.165) is 29.0 Å². The van der Waals surface area contributed by atoms with Gasteiger partial charge in [0.25, 0.3) is 0 Å². The summed E-state index contributed by atoms with van der Waals surface area (Å²) in [4.78, 5) is 2.27. The number of benzene rings is 2. The van der Waals surface area contributed by atoms with Gasteiger partial charge in [0.2, 0.25) is 5.88 Å². The van der Waals surface area contributed by atoms with E-state index in [1.807, 2.05) is 49.5 Å². The number of nitrogens with zero attached hydrogens (tertiary/aromatic N) is 3. The second-order valence-corrected chi connectivity index (χ2v) is 8.33. The van der Waals surface area contributed by atoms with Crippen LogP contribution in [-0.2, 0) is 18.3 Å². The second-order valence-electron chi connectivity index (χ2n) is 8.33. The lowest BCUT2D eigenvalue weighted by Crippen LogP contribution is -2.39. The van der Waals surface area contributed by atoms with Crippen LogP contribution in [0.5, 0.6) is 11.6 Å². The molecule has 0 spiro atoms. The van der Waals surface area contributed by atoms with Gasteiger partial charge in [-0.05, 0) is 32.4 Å². The van der Waals surface area contributed by atoms with E-state index in [0.29, 0.717) is 25.6 Å². The average molecular weight is 438 g/mol. The van der Waals surface area contributed by atoms with Gasteiger partial charge in [-0.2, -0.15) is 5.10 Å². The molecule has 1 N–H and O–H groups in total. The zero-order valence-corrected chi connectivity index (χ0v) is 19.8. The highest BCUT2D eigenvalue weighted by Crippen LogP contribution is 2.34. The summed E-state index contributed by atoms with van der Waals surface area (Å²) in [5, 5.41) is 15.3. The molecule has 3 rings (SSSR count). The third-order valence-corrected chi connectivity index (χ3v) is 5.75. The maximum Gasteiger partial charge on any atom is 0.222 e. The summed E-state index contributed by atoms with van der Waals surface area (Å²) in [7, 11) is 3.52. The third kappa shape index (κ3) is 5.97. The quantitative estimate of drug-likeness (QED) is 0.467. The summed E-state index contributed by atoms with van der Waals surface area (Å²) in [6.07, 6.45) is 0.404. The van der Waals surface area contributed by atoms with E-state index in [-0.39, 0.29) is 6.04 Å². The van der Waals surface area contributed by atoms with Crippen LogP contribution in [0.15, 0.2) is 54.6 Å². The summed E-state index contributed by atoms with van der Waals surface area (Å²) >= 11 is 0. The Balaban J connectivity index is 2.02. The number of aliphatic hydroxyl groups excluding tert-OH is 1. The lowest BCUT2D eigenvalue weighted by Gasteiger charge is -2.30. The maximum atomic E-state index is 10.4. The van der Waals surface area contributed by atoms with Gasteiger partial charge >= 0.3 is 0 Å². The van der Waals surface area contributed by atoms with E-state index in [9.17, 15) is 5.11 Å². The van der Waals surface area contributed by atoms with Crippen molar-refractivity contribution >= 4 is 0 Å². The van der Waals surface area contributed by atoms with Gasteiger partial charge in [-0.15, -0.1) is 0 Å². The topological polar surface area (TPSA) is 59.8 Å². The number of methoxy groups -OCH3 is 1. The van der Waals surface area contributed by atoms with Crippen molar-refractivity contribution in [1.29, 1.82) is 0 Å². The van der Waals surface area contributed by atoms with Gasteiger partial charge in [0.1, 0.15) is 11.4 Å². The smallest absolute Gasteiger partial charge is 0.222 e. The molecular weight excluding hydrogens is 402 g/mol. The zero-order valence-electron chi connectivity index (χ0n) is 19.8. The normalized spacial score (nSPS) is 13.3. The number of hydrogen-bond acceptors (Lipinski definition) is 5. The number of aryl methyl sites for hydroxylation is 2. The lowest BCUT2D eigenvalue weighted by atomic mass is 10.1. The number of rotatable bonds is 11. The van der Waals surface area contributed by atoms with Gasteiger partial charge in [0, 0.05) is 38.9 Å². The average Bonchev–Trinajstić information content (AvgIpc) is 3.10. The minimum atomic E-state index is -0.563. The van der Waals surface area contributed by atoms with E-state index < -0.39 is 6.10 Å². The first-order chi connectivity index (χ1) is 15.4. The molecule has 2 atom stereocenters. The maximum absolute atomic E-state index is 10.4. The van der Waals surface area contributed by atoms with Crippen molar-refractivity contribution in [3.63, 3.8) is 0 Å². The van der Waals surface area contributed by atoms with Crippen molar-refractivity contribution in [2.45, 2.75) is 45.9 Å². The Morgan fingerprint density at radius 1 is 1.09 bits per heavy atom. The van der Waals surface area contributed by atoms with Crippen LogP contribution < -0.4 is 4.74 Å². The summed E-state index contributed by atoms with van der Waals surface area (Å²) in [6.45, 7) is 7.81. The molecule has 0 aliphatic rings. The fourth-order valence-electron chi connectivity index (χ4n) is 3.75. The zero-order chi connectivity index (χ0) is 23.1. The van der Waals surface area contributed by atoms with E-state index in [4.69, 9.17) is 14.6 Å². The van der Waals surface area contributed by atoms with Crippen LogP contribution >= 0.6 is 0 Å². The fourth-order valence-corrected chi connectivity index (χ4v) is 3.75. The first-order valence-corrected chi connectivity index (χ1v) is 11.2. The molecule has 0 aliphatic carbocycles.